The third-order valence-electron chi connectivity index (χ3n) is 2.24. The highest BCUT2D eigenvalue weighted by Crippen LogP contribution is 2.22. The predicted molar refractivity (Wildman–Crippen MR) is 68.1 cm³/mol. The van der Waals surface area contributed by atoms with E-state index < -0.39 is 0 Å². The van der Waals surface area contributed by atoms with E-state index in [1.54, 1.807) is 26.2 Å². The van der Waals surface area contributed by atoms with Crippen LogP contribution in [-0.4, -0.2) is 19.1 Å². The molecule has 0 fully saturated rings. The van der Waals surface area contributed by atoms with E-state index in [1.807, 2.05) is 6.07 Å². The lowest BCUT2D eigenvalue weighted by molar-refractivity contribution is -0.121. The highest BCUT2D eigenvalue weighted by Gasteiger charge is 2.07. The van der Waals surface area contributed by atoms with E-state index in [-0.39, 0.29) is 11.9 Å². The first-order chi connectivity index (χ1) is 8.02. The van der Waals surface area contributed by atoms with Gasteiger partial charge < -0.3 is 15.8 Å². The quantitative estimate of drug-likeness (QED) is 0.843. The molecule has 5 heteroatoms. The minimum atomic E-state index is -0.138. The van der Waals surface area contributed by atoms with Crippen molar-refractivity contribution in [2.45, 2.75) is 25.9 Å². The average Bonchev–Trinajstić information content (AvgIpc) is 2.26. The van der Waals surface area contributed by atoms with Crippen LogP contribution in [0.2, 0.25) is 5.02 Å². The number of nitrogens with two attached hydrogens (primary N) is 1. The van der Waals surface area contributed by atoms with Crippen molar-refractivity contribution in [3.63, 3.8) is 0 Å². The normalized spacial score (nSPS) is 12.0. The predicted octanol–water partition coefficient (Wildman–Crippen LogP) is 1.70. The number of ether oxygens (including phenoxy) is 1. The summed E-state index contributed by atoms with van der Waals surface area (Å²) in [4.78, 5) is 11.4. The van der Waals surface area contributed by atoms with Crippen LogP contribution in [0.3, 0.4) is 0 Å². The van der Waals surface area contributed by atoms with Gasteiger partial charge in [-0.05, 0) is 24.6 Å². The Morgan fingerprint density at radius 3 is 2.82 bits per heavy atom. The van der Waals surface area contributed by atoms with E-state index in [0.717, 1.165) is 5.56 Å². The molecule has 0 aliphatic carbocycles. The minimum Gasteiger partial charge on any atom is -0.497 e. The van der Waals surface area contributed by atoms with Gasteiger partial charge in [-0.25, -0.2) is 0 Å². The van der Waals surface area contributed by atoms with Crippen molar-refractivity contribution in [2.24, 2.45) is 5.73 Å². The summed E-state index contributed by atoms with van der Waals surface area (Å²) in [5.74, 6) is 0.618. The van der Waals surface area contributed by atoms with E-state index in [0.29, 0.717) is 23.7 Å². The number of methoxy groups -OCH3 is 1. The summed E-state index contributed by atoms with van der Waals surface area (Å²) in [5, 5.41) is 3.34. The molecule has 1 rings (SSSR count). The molecule has 1 atom stereocenters. The fraction of sp³-hybridized carbons (Fsp3) is 0.417. The molecule has 0 heterocycles. The molecule has 0 bridgehead atoms. The Labute approximate surface area is 106 Å². The molecule has 1 aromatic carbocycles. The van der Waals surface area contributed by atoms with Crippen molar-refractivity contribution in [1.82, 2.24) is 5.32 Å². The maximum atomic E-state index is 11.4. The molecule has 4 nitrogen and oxygen atoms in total. The van der Waals surface area contributed by atoms with Crippen molar-refractivity contribution in [3.05, 3.63) is 28.8 Å². The maximum absolute atomic E-state index is 11.4. The molecular formula is C12H17ClN2O2. The van der Waals surface area contributed by atoms with Crippen molar-refractivity contribution >= 4 is 17.5 Å². The maximum Gasteiger partial charge on any atom is 0.221 e. The number of carbonyl (C=O) groups excluding carboxylic acids is 1. The number of benzene rings is 1. The average molecular weight is 257 g/mol. The molecule has 0 saturated heterocycles. The van der Waals surface area contributed by atoms with Gasteiger partial charge in [0.25, 0.3) is 0 Å². The first kappa shape index (κ1) is 13.8. The molecule has 0 aliphatic heterocycles. The van der Waals surface area contributed by atoms with E-state index in [2.05, 4.69) is 5.32 Å². The van der Waals surface area contributed by atoms with Gasteiger partial charge in [-0.15, -0.1) is 0 Å². The van der Waals surface area contributed by atoms with E-state index in [9.17, 15) is 4.79 Å². The number of amides is 1. The van der Waals surface area contributed by atoms with Gasteiger partial charge >= 0.3 is 0 Å². The Morgan fingerprint density at radius 2 is 2.29 bits per heavy atom. The second kappa shape index (κ2) is 6.47. The van der Waals surface area contributed by atoms with Gasteiger partial charge in [-0.1, -0.05) is 17.7 Å². The minimum absolute atomic E-state index is 0.0770. The van der Waals surface area contributed by atoms with Gasteiger partial charge in [0.2, 0.25) is 5.91 Å². The number of rotatable bonds is 5. The van der Waals surface area contributed by atoms with Crippen molar-refractivity contribution in [2.75, 3.05) is 7.11 Å². The zero-order valence-electron chi connectivity index (χ0n) is 10.00. The van der Waals surface area contributed by atoms with Crippen molar-refractivity contribution < 1.29 is 9.53 Å². The van der Waals surface area contributed by atoms with Crippen LogP contribution in [0.15, 0.2) is 18.2 Å². The van der Waals surface area contributed by atoms with Gasteiger partial charge in [0.1, 0.15) is 5.75 Å². The van der Waals surface area contributed by atoms with Crippen molar-refractivity contribution in [1.29, 1.82) is 0 Å². The topological polar surface area (TPSA) is 64.3 Å². The van der Waals surface area contributed by atoms with Crippen LogP contribution in [0.1, 0.15) is 18.9 Å². The molecule has 0 saturated carbocycles. The summed E-state index contributed by atoms with van der Waals surface area (Å²) in [6.45, 7) is 2.19. The van der Waals surface area contributed by atoms with Crippen LogP contribution < -0.4 is 15.8 Å². The van der Waals surface area contributed by atoms with E-state index in [4.69, 9.17) is 22.1 Å². The smallest absolute Gasteiger partial charge is 0.221 e. The van der Waals surface area contributed by atoms with Gasteiger partial charge in [0, 0.05) is 24.0 Å². The van der Waals surface area contributed by atoms with Crippen LogP contribution >= 0.6 is 11.6 Å². The fourth-order valence-electron chi connectivity index (χ4n) is 1.36. The zero-order chi connectivity index (χ0) is 12.8. The lowest BCUT2D eigenvalue weighted by Gasteiger charge is -2.09. The molecule has 3 N–H and O–H groups in total. The highest BCUT2D eigenvalue weighted by molar-refractivity contribution is 6.31. The van der Waals surface area contributed by atoms with Crippen LogP contribution in [0.25, 0.3) is 0 Å². The standard InChI is InChI=1S/C12H17ClN2O2/c1-8(14)5-12(16)15-7-9-3-4-10(17-2)6-11(9)13/h3-4,6,8H,5,7,14H2,1-2H3,(H,15,16). The van der Waals surface area contributed by atoms with Crippen LogP contribution in [0.5, 0.6) is 5.75 Å². The van der Waals surface area contributed by atoms with E-state index in [1.165, 1.54) is 0 Å². The molecule has 1 amide bonds. The molecule has 1 aromatic rings. The van der Waals surface area contributed by atoms with Crippen molar-refractivity contribution in [3.8, 4) is 5.75 Å². The monoisotopic (exact) mass is 256 g/mol. The SMILES string of the molecule is COc1ccc(CNC(=O)CC(C)N)c(Cl)c1. The Bertz CT molecular complexity index is 394. The highest BCUT2D eigenvalue weighted by atomic mass is 35.5. The number of carbonyl (C=O) groups is 1. The lowest BCUT2D eigenvalue weighted by atomic mass is 10.2. The Balaban J connectivity index is 2.55. The Kier molecular flexibility index (Phi) is 5.25. The first-order valence-corrected chi connectivity index (χ1v) is 5.75. The second-order valence-corrected chi connectivity index (χ2v) is 4.32. The summed E-state index contributed by atoms with van der Waals surface area (Å²) in [7, 11) is 1.58. The van der Waals surface area contributed by atoms with Gasteiger partial charge in [-0.3, -0.25) is 4.79 Å². The van der Waals surface area contributed by atoms with Gasteiger partial charge in [-0.2, -0.15) is 0 Å². The second-order valence-electron chi connectivity index (χ2n) is 3.92. The third kappa shape index (κ3) is 4.63. The Morgan fingerprint density at radius 1 is 1.59 bits per heavy atom. The number of nitrogens with one attached hydrogen (secondary N) is 1. The molecular weight excluding hydrogens is 240 g/mol. The molecule has 0 spiro atoms. The summed E-state index contributed by atoms with van der Waals surface area (Å²) in [6, 6.07) is 5.21. The summed E-state index contributed by atoms with van der Waals surface area (Å²) in [5.41, 5.74) is 6.38. The molecule has 1 unspecified atom stereocenters. The van der Waals surface area contributed by atoms with Crippen LogP contribution in [0.4, 0.5) is 0 Å². The molecule has 0 aliphatic rings. The number of halogens is 1. The fourth-order valence-corrected chi connectivity index (χ4v) is 1.59. The summed E-state index contributed by atoms with van der Waals surface area (Å²) >= 11 is 6.04. The van der Waals surface area contributed by atoms with Gasteiger partial charge in [0.05, 0.1) is 7.11 Å². The third-order valence-corrected chi connectivity index (χ3v) is 2.60. The summed E-state index contributed by atoms with van der Waals surface area (Å²) in [6.07, 6.45) is 0.313. The first-order valence-electron chi connectivity index (χ1n) is 5.37. The molecule has 0 aromatic heterocycles. The summed E-state index contributed by atoms with van der Waals surface area (Å²) < 4.78 is 5.04. The largest absolute Gasteiger partial charge is 0.497 e. The number of hydrogen-bond donors (Lipinski definition) is 2. The lowest BCUT2D eigenvalue weighted by Crippen LogP contribution is -2.29. The van der Waals surface area contributed by atoms with Gasteiger partial charge in [0.15, 0.2) is 0 Å². The molecule has 94 valence electrons. The number of hydrogen-bond acceptors (Lipinski definition) is 3. The molecule has 17 heavy (non-hydrogen) atoms. The zero-order valence-corrected chi connectivity index (χ0v) is 10.8. The van der Waals surface area contributed by atoms with Crippen LogP contribution in [0, 0.1) is 0 Å². The van der Waals surface area contributed by atoms with Crippen LogP contribution in [-0.2, 0) is 11.3 Å². The van der Waals surface area contributed by atoms with E-state index >= 15 is 0 Å². The Hall–Kier alpha value is -1.26. The molecule has 0 radical (unpaired) electrons.